The van der Waals surface area contributed by atoms with Crippen LogP contribution in [0.5, 0.6) is 0 Å². The van der Waals surface area contributed by atoms with E-state index < -0.39 is 0 Å². The average molecular weight is 276 g/mol. The van der Waals surface area contributed by atoms with Crippen LogP contribution >= 0.6 is 0 Å². The van der Waals surface area contributed by atoms with E-state index in [4.69, 9.17) is 4.42 Å². The van der Waals surface area contributed by atoms with Crippen molar-refractivity contribution in [1.29, 1.82) is 0 Å². The summed E-state index contributed by atoms with van der Waals surface area (Å²) >= 11 is 0. The van der Waals surface area contributed by atoms with E-state index in [9.17, 15) is 0 Å². The Morgan fingerprint density at radius 1 is 1.15 bits per heavy atom. The number of hydrogen-bond acceptors (Lipinski definition) is 4. The lowest BCUT2D eigenvalue weighted by molar-refractivity contribution is 0.352. The Labute approximate surface area is 120 Å². The fourth-order valence-corrected chi connectivity index (χ4v) is 2.16. The molecule has 0 atom stereocenters. The molecule has 0 amide bonds. The number of nitrogens with zero attached hydrogens (tertiary/aromatic N) is 4. The molecule has 20 heavy (non-hydrogen) atoms. The van der Waals surface area contributed by atoms with Crippen LogP contribution in [0.25, 0.3) is 11.6 Å². The van der Waals surface area contributed by atoms with Crippen LogP contribution in [0.15, 0.2) is 4.42 Å². The Morgan fingerprint density at radius 3 is 2.25 bits per heavy atom. The second-order valence-electron chi connectivity index (χ2n) is 6.68. The summed E-state index contributed by atoms with van der Waals surface area (Å²) < 4.78 is 7.66. The molecule has 0 aliphatic rings. The van der Waals surface area contributed by atoms with Gasteiger partial charge in [0.15, 0.2) is 23.3 Å². The van der Waals surface area contributed by atoms with Crippen LogP contribution in [-0.4, -0.2) is 19.7 Å². The second kappa shape index (κ2) is 5.04. The molecule has 2 heterocycles. The first-order valence-corrected chi connectivity index (χ1v) is 7.09. The summed E-state index contributed by atoms with van der Waals surface area (Å²) in [6, 6.07) is 0. The van der Waals surface area contributed by atoms with Crippen LogP contribution in [0, 0.1) is 19.8 Å². The highest BCUT2D eigenvalue weighted by Crippen LogP contribution is 2.27. The maximum atomic E-state index is 5.72. The fourth-order valence-electron chi connectivity index (χ4n) is 2.16. The van der Waals surface area contributed by atoms with Crippen LogP contribution in [0.2, 0.25) is 0 Å². The van der Waals surface area contributed by atoms with Crippen molar-refractivity contribution in [2.45, 2.75) is 60.4 Å². The highest BCUT2D eigenvalue weighted by Gasteiger charge is 2.25. The van der Waals surface area contributed by atoms with Crippen molar-refractivity contribution in [3.05, 3.63) is 17.4 Å². The molecule has 110 valence electrons. The molecule has 0 fully saturated rings. The van der Waals surface area contributed by atoms with E-state index in [-0.39, 0.29) is 5.54 Å². The second-order valence-corrected chi connectivity index (χ2v) is 6.68. The number of hydrogen-bond donors (Lipinski definition) is 0. The van der Waals surface area contributed by atoms with E-state index >= 15 is 0 Å². The molecular weight excluding hydrogens is 252 g/mol. The van der Waals surface area contributed by atoms with Crippen molar-refractivity contribution in [3.63, 3.8) is 0 Å². The van der Waals surface area contributed by atoms with Gasteiger partial charge in [-0.2, -0.15) is 5.10 Å². The minimum absolute atomic E-state index is 0.148. The molecule has 0 saturated heterocycles. The van der Waals surface area contributed by atoms with Crippen molar-refractivity contribution in [3.8, 4) is 11.6 Å². The Bertz CT molecular complexity index is 602. The monoisotopic (exact) mass is 276 g/mol. The van der Waals surface area contributed by atoms with Gasteiger partial charge in [-0.3, -0.25) is 0 Å². The van der Waals surface area contributed by atoms with Crippen molar-refractivity contribution in [2.75, 3.05) is 0 Å². The molecule has 0 aromatic carbocycles. The van der Waals surface area contributed by atoms with Gasteiger partial charge in [-0.15, -0.1) is 0 Å². The van der Waals surface area contributed by atoms with E-state index in [0.717, 1.165) is 29.5 Å². The maximum Gasteiger partial charge on any atom is 0.197 e. The van der Waals surface area contributed by atoms with Crippen LogP contribution < -0.4 is 0 Å². The van der Waals surface area contributed by atoms with Crippen molar-refractivity contribution >= 4 is 0 Å². The smallest absolute Gasteiger partial charge is 0.197 e. The molecule has 0 saturated carbocycles. The third-order valence-electron chi connectivity index (χ3n) is 2.98. The first-order chi connectivity index (χ1) is 9.18. The Morgan fingerprint density at radius 2 is 1.80 bits per heavy atom. The molecule has 0 aliphatic carbocycles. The lowest BCUT2D eigenvalue weighted by atomic mass is 10.1. The van der Waals surface area contributed by atoms with Crippen molar-refractivity contribution < 1.29 is 4.42 Å². The molecule has 0 unspecified atom stereocenters. The normalized spacial score (nSPS) is 12.4. The minimum atomic E-state index is -0.148. The van der Waals surface area contributed by atoms with Crippen LogP contribution in [0.3, 0.4) is 0 Å². The van der Waals surface area contributed by atoms with Gasteiger partial charge in [0.2, 0.25) is 0 Å². The summed E-state index contributed by atoms with van der Waals surface area (Å²) in [4.78, 5) is 9.01. The van der Waals surface area contributed by atoms with Gasteiger partial charge in [0.25, 0.3) is 0 Å². The van der Waals surface area contributed by atoms with E-state index in [1.165, 1.54) is 0 Å². The van der Waals surface area contributed by atoms with Gasteiger partial charge in [-0.25, -0.2) is 14.6 Å². The fraction of sp³-hybridized carbons (Fsp3) is 0.667. The molecule has 0 bridgehead atoms. The standard InChI is InChI=1S/C15H24N4O/c1-9(2)8-12-17-14(19(18-12)15(5,6)7)13-10(3)16-11(4)20-13/h9H,8H2,1-7H3. The number of rotatable bonds is 3. The number of aromatic nitrogens is 4. The van der Waals surface area contributed by atoms with E-state index in [1.807, 2.05) is 18.5 Å². The van der Waals surface area contributed by atoms with Crippen LogP contribution in [-0.2, 0) is 12.0 Å². The lowest BCUT2D eigenvalue weighted by Gasteiger charge is -2.20. The van der Waals surface area contributed by atoms with Gasteiger partial charge < -0.3 is 4.42 Å². The predicted octanol–water partition coefficient (Wildman–Crippen LogP) is 3.50. The topological polar surface area (TPSA) is 56.7 Å². The summed E-state index contributed by atoms with van der Waals surface area (Å²) in [6.07, 6.45) is 0.863. The predicted molar refractivity (Wildman–Crippen MR) is 78.5 cm³/mol. The highest BCUT2D eigenvalue weighted by atomic mass is 16.4. The van der Waals surface area contributed by atoms with Gasteiger partial charge in [-0.1, -0.05) is 13.8 Å². The Balaban J connectivity index is 2.55. The number of aryl methyl sites for hydroxylation is 2. The zero-order valence-electron chi connectivity index (χ0n) is 13.5. The van der Waals surface area contributed by atoms with Gasteiger partial charge in [0.05, 0.1) is 11.2 Å². The van der Waals surface area contributed by atoms with Crippen molar-refractivity contribution in [2.24, 2.45) is 5.92 Å². The molecule has 2 aromatic heterocycles. The SMILES string of the molecule is Cc1nc(C)c(-c2nc(CC(C)C)nn2C(C)(C)C)o1. The Kier molecular flexibility index (Phi) is 3.71. The quantitative estimate of drug-likeness (QED) is 0.861. The van der Waals surface area contributed by atoms with Crippen molar-refractivity contribution in [1.82, 2.24) is 19.7 Å². The summed E-state index contributed by atoms with van der Waals surface area (Å²) in [7, 11) is 0. The first kappa shape index (κ1) is 14.8. The molecular formula is C15H24N4O. The number of oxazole rings is 1. The summed E-state index contributed by atoms with van der Waals surface area (Å²) in [5.74, 6) is 3.53. The van der Waals surface area contributed by atoms with Gasteiger partial charge in [-0.05, 0) is 33.6 Å². The molecule has 0 N–H and O–H groups in total. The van der Waals surface area contributed by atoms with E-state index in [1.54, 1.807) is 0 Å². The third kappa shape index (κ3) is 2.92. The van der Waals surface area contributed by atoms with E-state index in [0.29, 0.717) is 11.8 Å². The van der Waals surface area contributed by atoms with E-state index in [2.05, 4.69) is 49.7 Å². The zero-order chi connectivity index (χ0) is 15.1. The van der Waals surface area contributed by atoms with Gasteiger partial charge in [0, 0.05) is 13.3 Å². The molecule has 0 radical (unpaired) electrons. The van der Waals surface area contributed by atoms with Crippen LogP contribution in [0.1, 0.15) is 52.0 Å². The van der Waals surface area contributed by atoms with Gasteiger partial charge >= 0.3 is 0 Å². The van der Waals surface area contributed by atoms with Gasteiger partial charge in [0.1, 0.15) is 0 Å². The van der Waals surface area contributed by atoms with Crippen LogP contribution in [0.4, 0.5) is 0 Å². The highest BCUT2D eigenvalue weighted by molar-refractivity contribution is 5.50. The molecule has 5 nitrogen and oxygen atoms in total. The largest absolute Gasteiger partial charge is 0.437 e. The minimum Gasteiger partial charge on any atom is -0.437 e. The summed E-state index contributed by atoms with van der Waals surface area (Å²) in [5.41, 5.74) is 0.710. The summed E-state index contributed by atoms with van der Waals surface area (Å²) in [5, 5.41) is 4.67. The molecule has 0 aliphatic heterocycles. The third-order valence-corrected chi connectivity index (χ3v) is 2.98. The zero-order valence-corrected chi connectivity index (χ0v) is 13.5. The average Bonchev–Trinajstić information content (AvgIpc) is 2.80. The maximum absolute atomic E-state index is 5.72. The lowest BCUT2D eigenvalue weighted by Crippen LogP contribution is -2.24. The molecule has 2 rings (SSSR count). The molecule has 5 heteroatoms. The summed E-state index contributed by atoms with van der Waals surface area (Å²) in [6.45, 7) is 14.5. The molecule has 2 aromatic rings. The Hall–Kier alpha value is -1.65. The first-order valence-electron chi connectivity index (χ1n) is 7.09. The molecule has 0 spiro atoms.